The molecule has 0 atom stereocenters. The highest BCUT2D eigenvalue weighted by atomic mass is 32.2. The van der Waals surface area contributed by atoms with E-state index in [1.165, 1.54) is 6.26 Å². The Balaban J connectivity index is 2.05. The van der Waals surface area contributed by atoms with E-state index in [4.69, 9.17) is 5.73 Å². The first-order valence-electron chi connectivity index (χ1n) is 5.46. The van der Waals surface area contributed by atoms with Crippen LogP contribution >= 0.6 is 0 Å². The van der Waals surface area contributed by atoms with Gasteiger partial charge in [0.1, 0.15) is 15.7 Å². The minimum atomic E-state index is -2.92. The lowest BCUT2D eigenvalue weighted by molar-refractivity contribution is 0.600. The van der Waals surface area contributed by atoms with Gasteiger partial charge in [0.25, 0.3) is 0 Å². The number of sulfone groups is 1. The number of rotatable bonds is 5. The summed E-state index contributed by atoms with van der Waals surface area (Å²) in [6.45, 7) is 0.506. The van der Waals surface area contributed by atoms with Gasteiger partial charge in [0, 0.05) is 25.2 Å². The zero-order valence-electron chi connectivity index (χ0n) is 10.00. The molecule has 0 radical (unpaired) electrons. The molecule has 0 amide bonds. The molecular weight excluding hydrogens is 254 g/mol. The fraction of sp³-hybridized carbons (Fsp3) is 0.400. The van der Waals surface area contributed by atoms with E-state index in [2.05, 4.69) is 15.3 Å². The molecule has 8 heteroatoms. The summed E-state index contributed by atoms with van der Waals surface area (Å²) in [6.07, 6.45) is 6.83. The van der Waals surface area contributed by atoms with Crippen LogP contribution in [0.25, 0.3) is 5.65 Å². The highest BCUT2D eigenvalue weighted by Crippen LogP contribution is 2.14. The molecule has 2 aromatic heterocycles. The van der Waals surface area contributed by atoms with Crippen LogP contribution in [0.15, 0.2) is 18.6 Å². The van der Waals surface area contributed by atoms with E-state index >= 15 is 0 Å². The summed E-state index contributed by atoms with van der Waals surface area (Å²) in [7, 11) is -2.92. The van der Waals surface area contributed by atoms with Gasteiger partial charge in [-0.3, -0.25) is 0 Å². The van der Waals surface area contributed by atoms with Gasteiger partial charge in [0.15, 0.2) is 11.5 Å². The van der Waals surface area contributed by atoms with Crippen LogP contribution in [0.3, 0.4) is 0 Å². The molecule has 0 aliphatic carbocycles. The predicted molar refractivity (Wildman–Crippen MR) is 70.2 cm³/mol. The van der Waals surface area contributed by atoms with Gasteiger partial charge in [-0.05, 0) is 6.42 Å². The molecule has 2 heterocycles. The van der Waals surface area contributed by atoms with E-state index < -0.39 is 9.84 Å². The summed E-state index contributed by atoms with van der Waals surface area (Å²) < 4.78 is 23.7. The Morgan fingerprint density at radius 2 is 2.28 bits per heavy atom. The number of nitrogens with two attached hydrogens (primary N) is 1. The second kappa shape index (κ2) is 4.81. The summed E-state index contributed by atoms with van der Waals surface area (Å²) in [5.74, 6) is 1.09. The Morgan fingerprint density at radius 1 is 1.50 bits per heavy atom. The summed E-state index contributed by atoms with van der Waals surface area (Å²) in [5.41, 5.74) is 6.33. The van der Waals surface area contributed by atoms with Gasteiger partial charge in [-0.1, -0.05) is 0 Å². The van der Waals surface area contributed by atoms with E-state index in [1.54, 1.807) is 23.0 Å². The SMILES string of the molecule is CS(=O)(=O)CCCNc1nc(N)cn2ccnc12. The monoisotopic (exact) mass is 269 g/mol. The Kier molecular flexibility index (Phi) is 3.37. The van der Waals surface area contributed by atoms with Crippen LogP contribution in [0.1, 0.15) is 6.42 Å². The molecule has 0 fully saturated rings. The van der Waals surface area contributed by atoms with Crippen molar-refractivity contribution in [1.29, 1.82) is 0 Å². The highest BCUT2D eigenvalue weighted by molar-refractivity contribution is 7.90. The van der Waals surface area contributed by atoms with Crippen LogP contribution in [0.5, 0.6) is 0 Å². The normalized spacial score (nSPS) is 11.8. The molecule has 0 aliphatic rings. The van der Waals surface area contributed by atoms with Gasteiger partial charge in [-0.25, -0.2) is 18.4 Å². The molecule has 2 rings (SSSR count). The van der Waals surface area contributed by atoms with Crippen molar-refractivity contribution in [3.63, 3.8) is 0 Å². The van der Waals surface area contributed by atoms with Crippen molar-refractivity contribution >= 4 is 27.1 Å². The first-order valence-corrected chi connectivity index (χ1v) is 7.52. The summed E-state index contributed by atoms with van der Waals surface area (Å²) in [4.78, 5) is 8.29. The van der Waals surface area contributed by atoms with E-state index in [0.29, 0.717) is 30.2 Å². The summed E-state index contributed by atoms with van der Waals surface area (Å²) in [6, 6.07) is 0. The molecule has 0 aromatic carbocycles. The molecule has 0 aliphatic heterocycles. The molecule has 98 valence electrons. The largest absolute Gasteiger partial charge is 0.382 e. The zero-order valence-corrected chi connectivity index (χ0v) is 10.8. The fourth-order valence-corrected chi connectivity index (χ4v) is 2.28. The van der Waals surface area contributed by atoms with Gasteiger partial charge in [0.05, 0.1) is 11.9 Å². The first kappa shape index (κ1) is 12.6. The number of hydrogen-bond donors (Lipinski definition) is 2. The van der Waals surface area contributed by atoms with Crippen LogP contribution in [-0.2, 0) is 9.84 Å². The van der Waals surface area contributed by atoms with Crippen molar-refractivity contribution < 1.29 is 8.42 Å². The number of hydrogen-bond acceptors (Lipinski definition) is 6. The average molecular weight is 269 g/mol. The fourth-order valence-electron chi connectivity index (χ4n) is 1.61. The summed E-state index contributed by atoms with van der Waals surface area (Å²) in [5, 5.41) is 3.05. The van der Waals surface area contributed by atoms with E-state index in [1.807, 2.05) is 0 Å². The number of nitrogens with zero attached hydrogens (tertiary/aromatic N) is 3. The van der Waals surface area contributed by atoms with Crippen molar-refractivity contribution in [2.45, 2.75) is 6.42 Å². The van der Waals surface area contributed by atoms with Crippen molar-refractivity contribution in [1.82, 2.24) is 14.4 Å². The van der Waals surface area contributed by atoms with Gasteiger partial charge < -0.3 is 15.5 Å². The van der Waals surface area contributed by atoms with Crippen LogP contribution in [0.2, 0.25) is 0 Å². The van der Waals surface area contributed by atoms with E-state index in [9.17, 15) is 8.42 Å². The lowest BCUT2D eigenvalue weighted by Crippen LogP contribution is -2.11. The number of imidazole rings is 1. The number of aromatic nitrogens is 3. The smallest absolute Gasteiger partial charge is 0.180 e. The molecule has 0 saturated carbocycles. The van der Waals surface area contributed by atoms with Crippen molar-refractivity contribution in [2.75, 3.05) is 29.6 Å². The zero-order chi connectivity index (χ0) is 13.2. The maximum absolute atomic E-state index is 11.0. The second-order valence-electron chi connectivity index (χ2n) is 4.08. The Labute approximate surface area is 105 Å². The first-order chi connectivity index (χ1) is 8.46. The van der Waals surface area contributed by atoms with Crippen LogP contribution in [0, 0.1) is 0 Å². The van der Waals surface area contributed by atoms with Crippen LogP contribution in [0.4, 0.5) is 11.6 Å². The standard InChI is InChI=1S/C10H15N5O2S/c1-18(16,17)6-2-3-12-9-10-13-4-5-15(10)7-8(11)14-9/h4-5,7H,2-3,6,11H2,1H3,(H,12,14). The Hall–Kier alpha value is -1.83. The molecule has 3 N–H and O–H groups in total. The molecular formula is C10H15N5O2S. The van der Waals surface area contributed by atoms with Crippen molar-refractivity contribution in [3.8, 4) is 0 Å². The lowest BCUT2D eigenvalue weighted by atomic mass is 10.4. The van der Waals surface area contributed by atoms with Crippen molar-refractivity contribution in [3.05, 3.63) is 18.6 Å². The van der Waals surface area contributed by atoms with Gasteiger partial charge in [-0.2, -0.15) is 0 Å². The number of anilines is 2. The molecule has 0 unspecified atom stereocenters. The van der Waals surface area contributed by atoms with Crippen molar-refractivity contribution in [2.24, 2.45) is 0 Å². The quantitative estimate of drug-likeness (QED) is 0.749. The number of nitrogens with one attached hydrogen (secondary N) is 1. The molecule has 7 nitrogen and oxygen atoms in total. The third kappa shape index (κ3) is 3.10. The number of fused-ring (bicyclic) bond motifs is 1. The van der Waals surface area contributed by atoms with Crippen LogP contribution < -0.4 is 11.1 Å². The Bertz CT molecular complexity index is 649. The van der Waals surface area contributed by atoms with Gasteiger partial charge in [-0.15, -0.1) is 0 Å². The third-order valence-electron chi connectivity index (χ3n) is 2.38. The maximum Gasteiger partial charge on any atom is 0.180 e. The van der Waals surface area contributed by atoms with Gasteiger partial charge in [0.2, 0.25) is 0 Å². The predicted octanol–water partition coefficient (Wildman–Crippen LogP) is 0.158. The molecule has 0 bridgehead atoms. The molecule has 0 spiro atoms. The number of nitrogen functional groups attached to an aromatic ring is 1. The minimum absolute atomic E-state index is 0.146. The van der Waals surface area contributed by atoms with E-state index in [0.717, 1.165) is 0 Å². The topological polar surface area (TPSA) is 102 Å². The molecule has 0 saturated heterocycles. The lowest BCUT2D eigenvalue weighted by Gasteiger charge is -2.07. The Morgan fingerprint density at radius 3 is 3.00 bits per heavy atom. The molecule has 18 heavy (non-hydrogen) atoms. The highest BCUT2D eigenvalue weighted by Gasteiger charge is 2.06. The van der Waals surface area contributed by atoms with Gasteiger partial charge >= 0.3 is 0 Å². The maximum atomic E-state index is 11.0. The minimum Gasteiger partial charge on any atom is -0.382 e. The second-order valence-corrected chi connectivity index (χ2v) is 6.34. The van der Waals surface area contributed by atoms with E-state index in [-0.39, 0.29) is 5.75 Å². The average Bonchev–Trinajstić information content (AvgIpc) is 2.70. The third-order valence-corrected chi connectivity index (χ3v) is 3.41. The molecule has 2 aromatic rings. The van der Waals surface area contributed by atoms with Crippen LogP contribution in [-0.4, -0.2) is 41.3 Å². The summed E-state index contributed by atoms with van der Waals surface area (Å²) >= 11 is 0.